The number of hydrogen-bond donors (Lipinski definition) is 0. The van der Waals surface area contributed by atoms with Crippen LogP contribution < -0.4 is 9.80 Å². The van der Waals surface area contributed by atoms with E-state index < -0.39 is 0 Å². The highest BCUT2D eigenvalue weighted by atomic mass is 16.5. The fourth-order valence-corrected chi connectivity index (χ4v) is 5.96. The third-order valence-electron chi connectivity index (χ3n) is 7.97. The largest absolute Gasteiger partial charge is 0.376 e. The Kier molecular flexibility index (Phi) is 10.9. The van der Waals surface area contributed by atoms with Gasteiger partial charge in [-0.05, 0) is 60.4 Å². The zero-order valence-electron chi connectivity index (χ0n) is 24.9. The fourth-order valence-electron chi connectivity index (χ4n) is 5.96. The van der Waals surface area contributed by atoms with Gasteiger partial charge in [0, 0.05) is 48.7 Å². The van der Waals surface area contributed by atoms with Crippen molar-refractivity contribution in [2.75, 3.05) is 36.1 Å². The Morgan fingerprint density at radius 1 is 0.643 bits per heavy atom. The molecule has 0 N–H and O–H groups in total. The molecule has 42 heavy (non-hydrogen) atoms. The Balaban J connectivity index is 0.000000168. The van der Waals surface area contributed by atoms with Crippen LogP contribution in [0.3, 0.4) is 0 Å². The smallest absolute Gasteiger partial charge is 0.0651 e. The van der Waals surface area contributed by atoms with Gasteiger partial charge in [0.15, 0.2) is 0 Å². The Hall–Kier alpha value is -3.86. The maximum absolute atomic E-state index is 6.09. The second kappa shape index (κ2) is 15.4. The topological polar surface area (TPSA) is 24.9 Å². The second-order valence-corrected chi connectivity index (χ2v) is 10.9. The number of benzene rings is 4. The molecule has 4 aromatic carbocycles. The molecule has 2 heterocycles. The van der Waals surface area contributed by atoms with E-state index in [0.29, 0.717) is 6.10 Å². The van der Waals surface area contributed by atoms with E-state index in [0.717, 1.165) is 52.0 Å². The lowest BCUT2D eigenvalue weighted by atomic mass is 10.0. The number of nitrogens with zero attached hydrogens (tertiary/aromatic N) is 2. The van der Waals surface area contributed by atoms with Crippen molar-refractivity contribution in [3.8, 4) is 0 Å². The number of para-hydroxylation sites is 4. The first-order valence-corrected chi connectivity index (χ1v) is 15.4. The third-order valence-corrected chi connectivity index (χ3v) is 7.97. The van der Waals surface area contributed by atoms with Crippen LogP contribution >= 0.6 is 0 Å². The number of hydrogen-bond acceptors (Lipinski definition) is 4. The minimum atomic E-state index is 0.238. The van der Waals surface area contributed by atoms with E-state index in [1.165, 1.54) is 40.3 Å². The second-order valence-electron chi connectivity index (χ2n) is 10.9. The zero-order chi connectivity index (χ0) is 29.0. The number of rotatable bonds is 6. The summed E-state index contributed by atoms with van der Waals surface area (Å²) in [4.78, 5) is 4.72. The summed E-state index contributed by atoms with van der Waals surface area (Å²) >= 11 is 0. The average molecular weight is 561 g/mol. The van der Waals surface area contributed by atoms with Crippen molar-refractivity contribution in [2.45, 2.75) is 51.2 Å². The van der Waals surface area contributed by atoms with E-state index in [2.05, 4.69) is 132 Å². The van der Waals surface area contributed by atoms with Crippen LogP contribution in [0.1, 0.15) is 37.3 Å². The molecule has 0 spiro atoms. The van der Waals surface area contributed by atoms with Gasteiger partial charge in [-0.2, -0.15) is 0 Å². The van der Waals surface area contributed by atoms with Gasteiger partial charge in [-0.3, -0.25) is 0 Å². The zero-order valence-corrected chi connectivity index (χ0v) is 24.9. The summed E-state index contributed by atoms with van der Waals surface area (Å²) < 4.78 is 12.1. The molecule has 2 atom stereocenters. The highest BCUT2D eigenvalue weighted by Gasteiger charge is 2.21. The van der Waals surface area contributed by atoms with Gasteiger partial charge < -0.3 is 19.3 Å². The number of ether oxygens (including phenoxy) is 2. The predicted octanol–water partition coefficient (Wildman–Crippen LogP) is 8.91. The van der Waals surface area contributed by atoms with Gasteiger partial charge in [-0.15, -0.1) is 6.58 Å². The molecule has 6 rings (SSSR count). The van der Waals surface area contributed by atoms with Crippen LogP contribution in [0.2, 0.25) is 0 Å². The summed E-state index contributed by atoms with van der Waals surface area (Å²) in [5, 5.41) is 0. The van der Waals surface area contributed by atoms with Crippen LogP contribution in [0.25, 0.3) is 0 Å². The minimum Gasteiger partial charge on any atom is -0.376 e. The fraction of sp³-hybridized carbons (Fsp3) is 0.316. The molecule has 0 radical (unpaired) electrons. The summed E-state index contributed by atoms with van der Waals surface area (Å²) in [6, 6.07) is 38.5. The summed E-state index contributed by atoms with van der Waals surface area (Å²) in [7, 11) is 0. The Morgan fingerprint density at radius 3 is 1.60 bits per heavy atom. The molecule has 2 aliphatic rings. The normalized spacial score (nSPS) is 18.6. The van der Waals surface area contributed by atoms with Gasteiger partial charge in [0.05, 0.1) is 25.4 Å². The molecule has 4 heteroatoms. The van der Waals surface area contributed by atoms with Crippen molar-refractivity contribution in [3.05, 3.63) is 133 Å². The Labute approximate surface area is 252 Å². The molecule has 0 fully saturated rings. The van der Waals surface area contributed by atoms with Crippen LogP contribution in [0.15, 0.2) is 122 Å². The van der Waals surface area contributed by atoms with E-state index in [4.69, 9.17) is 9.47 Å². The van der Waals surface area contributed by atoms with Crippen molar-refractivity contribution >= 4 is 22.7 Å². The van der Waals surface area contributed by atoms with Gasteiger partial charge >= 0.3 is 0 Å². The predicted molar refractivity (Wildman–Crippen MR) is 176 cm³/mol. The number of fused-ring (bicyclic) bond motifs is 2. The maximum atomic E-state index is 6.09. The average Bonchev–Trinajstić information content (AvgIpc) is 3.01. The Bertz CT molecular complexity index is 1370. The standard InChI is InChI=1S/C19H23NO.C19H21NO/c2*1-2-8-18-15-16-9-6-7-12-19(16)20(13-14-21-18)17-10-4-3-5-11-17/h3-7,9-12,18H,2,8,13-15H2,1H3;2-7,9-12,18H,1,8,13-15H2. The molecule has 0 saturated heterocycles. The molecule has 218 valence electrons. The lowest BCUT2D eigenvalue weighted by molar-refractivity contribution is 0.0508. The van der Waals surface area contributed by atoms with Crippen molar-refractivity contribution in [3.63, 3.8) is 0 Å². The third kappa shape index (κ3) is 7.70. The highest BCUT2D eigenvalue weighted by molar-refractivity contribution is 5.67. The van der Waals surface area contributed by atoms with Crippen LogP contribution in [0.4, 0.5) is 22.7 Å². The van der Waals surface area contributed by atoms with E-state index >= 15 is 0 Å². The molecule has 4 aromatic rings. The molecule has 0 aliphatic carbocycles. The van der Waals surface area contributed by atoms with Gasteiger partial charge in [-0.1, -0.05) is 92.2 Å². The maximum Gasteiger partial charge on any atom is 0.0651 e. The van der Waals surface area contributed by atoms with Gasteiger partial charge in [0.1, 0.15) is 0 Å². The molecule has 0 saturated carbocycles. The quantitative estimate of drug-likeness (QED) is 0.220. The van der Waals surface area contributed by atoms with Crippen molar-refractivity contribution < 1.29 is 9.47 Å². The number of anilines is 4. The highest BCUT2D eigenvalue weighted by Crippen LogP contribution is 2.32. The van der Waals surface area contributed by atoms with E-state index in [-0.39, 0.29) is 6.10 Å². The van der Waals surface area contributed by atoms with Crippen molar-refractivity contribution in [1.82, 2.24) is 0 Å². The first kappa shape index (κ1) is 29.6. The van der Waals surface area contributed by atoms with Crippen LogP contribution in [-0.4, -0.2) is 38.5 Å². The molecular weight excluding hydrogens is 516 g/mol. The Morgan fingerprint density at radius 2 is 1.10 bits per heavy atom. The molecule has 2 unspecified atom stereocenters. The van der Waals surface area contributed by atoms with E-state index in [1.54, 1.807) is 0 Å². The molecule has 4 nitrogen and oxygen atoms in total. The minimum absolute atomic E-state index is 0.238. The van der Waals surface area contributed by atoms with E-state index in [9.17, 15) is 0 Å². The molecular formula is C38H44N2O2. The van der Waals surface area contributed by atoms with Gasteiger partial charge in [-0.25, -0.2) is 0 Å². The first-order chi connectivity index (χ1) is 20.8. The summed E-state index contributed by atoms with van der Waals surface area (Å²) in [6.45, 7) is 9.36. The lowest BCUT2D eigenvalue weighted by Gasteiger charge is -2.32. The SMILES string of the molecule is C=CCC1Cc2ccccc2N(c2ccccc2)CCO1.CCCC1Cc2ccccc2N(c2ccccc2)CCO1. The van der Waals surface area contributed by atoms with Crippen LogP contribution in [0, 0.1) is 0 Å². The summed E-state index contributed by atoms with van der Waals surface area (Å²) in [5.74, 6) is 0. The molecule has 2 aliphatic heterocycles. The van der Waals surface area contributed by atoms with Crippen LogP contribution in [0.5, 0.6) is 0 Å². The van der Waals surface area contributed by atoms with Gasteiger partial charge in [0.2, 0.25) is 0 Å². The first-order valence-electron chi connectivity index (χ1n) is 15.4. The monoisotopic (exact) mass is 560 g/mol. The van der Waals surface area contributed by atoms with Crippen molar-refractivity contribution in [2.24, 2.45) is 0 Å². The lowest BCUT2D eigenvalue weighted by Crippen LogP contribution is -2.30. The van der Waals surface area contributed by atoms with Gasteiger partial charge in [0.25, 0.3) is 0 Å². The van der Waals surface area contributed by atoms with E-state index in [1.807, 2.05) is 6.08 Å². The van der Waals surface area contributed by atoms with Crippen LogP contribution in [-0.2, 0) is 22.3 Å². The molecule has 0 amide bonds. The summed E-state index contributed by atoms with van der Waals surface area (Å²) in [6.07, 6.45) is 7.70. The summed E-state index contributed by atoms with van der Waals surface area (Å²) in [5.41, 5.74) is 7.81. The molecule has 0 aromatic heterocycles. The van der Waals surface area contributed by atoms with Crippen molar-refractivity contribution in [1.29, 1.82) is 0 Å². The molecule has 0 bridgehead atoms.